The van der Waals surface area contributed by atoms with Crippen LogP contribution in [0, 0.1) is 12.8 Å². The Balaban J connectivity index is 1.76. The molecule has 0 aliphatic heterocycles. The molecule has 1 aliphatic rings. The maximum atomic E-state index is 12.4. The molecule has 0 fully saturated rings. The predicted molar refractivity (Wildman–Crippen MR) is 79.2 cm³/mol. The molecule has 6 heteroatoms. The summed E-state index contributed by atoms with van der Waals surface area (Å²) in [6.07, 6.45) is 5.84. The van der Waals surface area contributed by atoms with Crippen LogP contribution in [-0.2, 0) is 24.7 Å². The van der Waals surface area contributed by atoms with Crippen molar-refractivity contribution in [1.29, 1.82) is 0 Å². The molecule has 110 valence electrons. The number of pyridine rings is 1. The highest BCUT2D eigenvalue weighted by Crippen LogP contribution is 2.25. The topological polar surface area (TPSA) is 79.8 Å². The van der Waals surface area contributed by atoms with Gasteiger partial charge < -0.3 is 9.88 Å². The molecular weight excluding hydrogens is 268 g/mol. The molecule has 1 atom stereocenters. The van der Waals surface area contributed by atoms with Gasteiger partial charge in [0.1, 0.15) is 0 Å². The fourth-order valence-corrected chi connectivity index (χ4v) is 2.73. The third kappa shape index (κ3) is 2.61. The molecule has 2 heterocycles. The van der Waals surface area contributed by atoms with Crippen molar-refractivity contribution in [2.45, 2.75) is 26.2 Å². The van der Waals surface area contributed by atoms with Gasteiger partial charge in [-0.3, -0.25) is 14.7 Å². The number of nitrogens with one attached hydrogen (secondary N) is 2. The third-order valence-corrected chi connectivity index (χ3v) is 4.08. The van der Waals surface area contributed by atoms with Gasteiger partial charge in [-0.05, 0) is 37.3 Å². The standard InChI is InChI=1S/C15H18N4O2/c1-9-5-14(20)19(2)8-13(9)17-15(21)10-3-4-12-11(6-10)7-16-18-12/h5,7-8,10H,3-4,6H2,1-2H3,(H,16,18)(H,17,21). The Hall–Kier alpha value is -2.37. The van der Waals surface area contributed by atoms with Crippen molar-refractivity contribution in [2.75, 3.05) is 5.32 Å². The van der Waals surface area contributed by atoms with Crippen LogP contribution in [0.1, 0.15) is 23.2 Å². The highest BCUT2D eigenvalue weighted by atomic mass is 16.2. The van der Waals surface area contributed by atoms with Crippen LogP contribution in [0.2, 0.25) is 0 Å². The van der Waals surface area contributed by atoms with Crippen molar-refractivity contribution in [2.24, 2.45) is 13.0 Å². The number of aromatic nitrogens is 3. The Labute approximate surface area is 122 Å². The summed E-state index contributed by atoms with van der Waals surface area (Å²) in [4.78, 5) is 23.9. The van der Waals surface area contributed by atoms with Crippen LogP contribution >= 0.6 is 0 Å². The second kappa shape index (κ2) is 5.20. The largest absolute Gasteiger partial charge is 0.324 e. The summed E-state index contributed by atoms with van der Waals surface area (Å²) >= 11 is 0. The van der Waals surface area contributed by atoms with Gasteiger partial charge in [0.25, 0.3) is 5.56 Å². The van der Waals surface area contributed by atoms with Crippen molar-refractivity contribution in [3.63, 3.8) is 0 Å². The number of fused-ring (bicyclic) bond motifs is 1. The van der Waals surface area contributed by atoms with E-state index in [9.17, 15) is 9.59 Å². The lowest BCUT2D eigenvalue weighted by molar-refractivity contribution is -0.120. The molecule has 3 rings (SSSR count). The maximum absolute atomic E-state index is 12.4. The van der Waals surface area contributed by atoms with Gasteiger partial charge in [0.2, 0.25) is 5.91 Å². The van der Waals surface area contributed by atoms with Crippen molar-refractivity contribution < 1.29 is 4.79 Å². The van der Waals surface area contributed by atoms with Crippen molar-refractivity contribution in [3.8, 4) is 0 Å². The van der Waals surface area contributed by atoms with Crippen LogP contribution in [-0.4, -0.2) is 20.7 Å². The molecule has 1 amide bonds. The Kier molecular flexibility index (Phi) is 3.37. The molecule has 0 saturated carbocycles. The number of anilines is 1. The number of aryl methyl sites for hydroxylation is 3. The van der Waals surface area contributed by atoms with Gasteiger partial charge in [0.05, 0.1) is 11.9 Å². The number of amides is 1. The van der Waals surface area contributed by atoms with Gasteiger partial charge in [-0.1, -0.05) is 0 Å². The number of H-pyrrole nitrogens is 1. The minimum atomic E-state index is -0.0776. The average Bonchev–Trinajstić information content (AvgIpc) is 2.92. The molecule has 0 spiro atoms. The first-order chi connectivity index (χ1) is 10.0. The van der Waals surface area contributed by atoms with E-state index in [0.717, 1.165) is 29.7 Å². The molecule has 2 aromatic rings. The Morgan fingerprint density at radius 3 is 3.14 bits per heavy atom. The smallest absolute Gasteiger partial charge is 0.250 e. The molecule has 0 radical (unpaired) electrons. The Bertz CT molecular complexity index is 744. The van der Waals surface area contributed by atoms with Gasteiger partial charge in [-0.2, -0.15) is 5.10 Å². The van der Waals surface area contributed by atoms with E-state index in [2.05, 4.69) is 15.5 Å². The normalized spacial score (nSPS) is 17.3. The predicted octanol–water partition coefficient (Wildman–Crippen LogP) is 1.16. The van der Waals surface area contributed by atoms with Gasteiger partial charge in [0, 0.05) is 30.9 Å². The van der Waals surface area contributed by atoms with Gasteiger partial charge in [0.15, 0.2) is 0 Å². The van der Waals surface area contributed by atoms with Crippen molar-refractivity contribution >= 4 is 11.6 Å². The Morgan fingerprint density at radius 1 is 1.52 bits per heavy atom. The zero-order valence-electron chi connectivity index (χ0n) is 12.1. The fraction of sp³-hybridized carbons (Fsp3) is 0.400. The lowest BCUT2D eigenvalue weighted by Gasteiger charge is -2.21. The lowest BCUT2D eigenvalue weighted by Crippen LogP contribution is -2.29. The number of carbonyl (C=O) groups excluding carboxylic acids is 1. The van der Waals surface area contributed by atoms with E-state index in [-0.39, 0.29) is 17.4 Å². The number of hydrogen-bond donors (Lipinski definition) is 2. The summed E-state index contributed by atoms with van der Waals surface area (Å²) in [5.74, 6) is -0.0460. The van der Waals surface area contributed by atoms with Crippen molar-refractivity contribution in [3.05, 3.63) is 45.6 Å². The van der Waals surface area contributed by atoms with Crippen LogP contribution < -0.4 is 10.9 Å². The monoisotopic (exact) mass is 286 g/mol. The van der Waals surface area contributed by atoms with Gasteiger partial charge in [-0.15, -0.1) is 0 Å². The molecule has 21 heavy (non-hydrogen) atoms. The molecular formula is C15H18N4O2. The highest BCUT2D eigenvalue weighted by molar-refractivity contribution is 5.93. The van der Waals surface area contributed by atoms with Crippen molar-refractivity contribution in [1.82, 2.24) is 14.8 Å². The molecule has 1 unspecified atom stereocenters. The summed E-state index contributed by atoms with van der Waals surface area (Å²) in [6, 6.07) is 1.53. The molecule has 2 aromatic heterocycles. The molecule has 6 nitrogen and oxygen atoms in total. The van der Waals surface area contributed by atoms with E-state index in [1.807, 2.05) is 6.92 Å². The fourth-order valence-electron chi connectivity index (χ4n) is 2.73. The van der Waals surface area contributed by atoms with Crippen LogP contribution in [0.4, 0.5) is 5.69 Å². The van der Waals surface area contributed by atoms with Crippen LogP contribution in [0.5, 0.6) is 0 Å². The molecule has 0 saturated heterocycles. The quantitative estimate of drug-likeness (QED) is 0.869. The Morgan fingerprint density at radius 2 is 2.33 bits per heavy atom. The molecule has 0 bridgehead atoms. The first kappa shape index (κ1) is 13.6. The number of hydrogen-bond acceptors (Lipinski definition) is 3. The molecule has 0 aromatic carbocycles. The second-order valence-electron chi connectivity index (χ2n) is 5.62. The zero-order valence-corrected chi connectivity index (χ0v) is 12.1. The summed E-state index contributed by atoms with van der Waals surface area (Å²) in [5, 5.41) is 9.93. The second-order valence-corrected chi connectivity index (χ2v) is 5.62. The van der Waals surface area contributed by atoms with E-state index in [0.29, 0.717) is 12.1 Å². The van der Waals surface area contributed by atoms with Crippen LogP contribution in [0.3, 0.4) is 0 Å². The van der Waals surface area contributed by atoms with Crippen LogP contribution in [0.25, 0.3) is 0 Å². The number of aromatic amines is 1. The van der Waals surface area contributed by atoms with E-state index in [1.165, 1.54) is 10.6 Å². The number of carbonyl (C=O) groups is 1. The van der Waals surface area contributed by atoms with Crippen LogP contribution in [0.15, 0.2) is 23.3 Å². The first-order valence-corrected chi connectivity index (χ1v) is 7.04. The van der Waals surface area contributed by atoms with Gasteiger partial charge >= 0.3 is 0 Å². The average molecular weight is 286 g/mol. The SMILES string of the molecule is Cc1cc(=O)n(C)cc1NC(=O)C1CCc2[nH]ncc2C1. The molecule has 2 N–H and O–H groups in total. The highest BCUT2D eigenvalue weighted by Gasteiger charge is 2.26. The van der Waals surface area contributed by atoms with Gasteiger partial charge in [-0.25, -0.2) is 0 Å². The van der Waals surface area contributed by atoms with E-state index in [4.69, 9.17) is 0 Å². The number of nitrogens with zero attached hydrogens (tertiary/aromatic N) is 2. The minimum Gasteiger partial charge on any atom is -0.324 e. The molecule has 1 aliphatic carbocycles. The minimum absolute atomic E-state index is 0.00333. The summed E-state index contributed by atoms with van der Waals surface area (Å²) in [6.45, 7) is 1.83. The zero-order chi connectivity index (χ0) is 15.0. The summed E-state index contributed by atoms with van der Waals surface area (Å²) in [7, 11) is 1.68. The van der Waals surface area contributed by atoms with E-state index in [1.54, 1.807) is 19.4 Å². The third-order valence-electron chi connectivity index (χ3n) is 4.08. The number of rotatable bonds is 2. The lowest BCUT2D eigenvalue weighted by atomic mass is 9.87. The summed E-state index contributed by atoms with van der Waals surface area (Å²) < 4.78 is 1.47. The van der Waals surface area contributed by atoms with E-state index >= 15 is 0 Å². The maximum Gasteiger partial charge on any atom is 0.250 e. The summed E-state index contributed by atoms with van der Waals surface area (Å²) in [5.41, 5.74) is 3.66. The van der Waals surface area contributed by atoms with E-state index < -0.39 is 0 Å². The first-order valence-electron chi connectivity index (χ1n) is 7.04.